The standard InChI is InChI=1S/C24H27NO6/c1-24(2,3)31-23(29)25-13-15(22(27)28)12-21(26)30-14-20-18-10-6-4-8-16(18)17-9-5-7-11-19(17)20/h4-11,15,20H,12-14H2,1-3H3,(H,25,29)(H,27,28). The number of fused-ring (bicyclic) bond motifs is 3. The number of hydrogen-bond donors (Lipinski definition) is 2. The highest BCUT2D eigenvalue weighted by atomic mass is 16.6. The number of carbonyl (C=O) groups excluding carboxylic acids is 2. The highest BCUT2D eigenvalue weighted by Crippen LogP contribution is 2.44. The smallest absolute Gasteiger partial charge is 0.407 e. The number of esters is 1. The molecule has 1 amide bonds. The SMILES string of the molecule is CC(C)(C)OC(=O)NCC(CC(=O)OCC1c2ccccc2-c2ccccc21)C(=O)O. The molecule has 0 fully saturated rings. The van der Waals surface area contributed by atoms with Crippen LogP contribution in [0.3, 0.4) is 0 Å². The molecule has 0 aromatic heterocycles. The number of carboxylic acids is 1. The van der Waals surface area contributed by atoms with Gasteiger partial charge in [-0.2, -0.15) is 0 Å². The second kappa shape index (κ2) is 9.20. The van der Waals surface area contributed by atoms with Crippen LogP contribution in [0.15, 0.2) is 48.5 Å². The Labute approximate surface area is 181 Å². The first-order chi connectivity index (χ1) is 14.7. The Hall–Kier alpha value is -3.35. The lowest BCUT2D eigenvalue weighted by molar-refractivity contribution is -0.151. The maximum absolute atomic E-state index is 12.4. The molecule has 1 aliphatic rings. The molecule has 2 aromatic rings. The van der Waals surface area contributed by atoms with Gasteiger partial charge in [-0.1, -0.05) is 48.5 Å². The molecule has 7 heteroatoms. The van der Waals surface area contributed by atoms with Gasteiger partial charge in [-0.25, -0.2) is 4.79 Å². The molecule has 0 aliphatic heterocycles. The van der Waals surface area contributed by atoms with E-state index in [1.54, 1.807) is 20.8 Å². The molecule has 0 radical (unpaired) electrons. The molecule has 0 heterocycles. The van der Waals surface area contributed by atoms with Gasteiger partial charge in [-0.15, -0.1) is 0 Å². The zero-order valence-corrected chi connectivity index (χ0v) is 17.9. The van der Waals surface area contributed by atoms with Gasteiger partial charge in [0.05, 0.1) is 12.3 Å². The van der Waals surface area contributed by atoms with Crippen molar-refractivity contribution < 1.29 is 29.0 Å². The largest absolute Gasteiger partial charge is 0.481 e. The minimum atomic E-state index is -1.19. The summed E-state index contributed by atoms with van der Waals surface area (Å²) < 4.78 is 10.6. The van der Waals surface area contributed by atoms with Crippen LogP contribution in [0.25, 0.3) is 11.1 Å². The Bertz CT molecular complexity index is 933. The highest BCUT2D eigenvalue weighted by molar-refractivity contribution is 5.81. The molecule has 1 unspecified atom stereocenters. The lowest BCUT2D eigenvalue weighted by Gasteiger charge is -2.21. The lowest BCUT2D eigenvalue weighted by atomic mass is 9.98. The number of aliphatic carboxylic acids is 1. The second-order valence-corrected chi connectivity index (χ2v) is 8.53. The average Bonchev–Trinajstić information content (AvgIpc) is 3.02. The zero-order chi connectivity index (χ0) is 22.6. The summed E-state index contributed by atoms with van der Waals surface area (Å²) in [6.07, 6.45) is -1.08. The van der Waals surface area contributed by atoms with Crippen LogP contribution in [0.1, 0.15) is 44.2 Å². The summed E-state index contributed by atoms with van der Waals surface area (Å²) >= 11 is 0. The van der Waals surface area contributed by atoms with E-state index in [4.69, 9.17) is 9.47 Å². The van der Waals surface area contributed by atoms with Gasteiger partial charge >= 0.3 is 18.0 Å². The fraction of sp³-hybridized carbons (Fsp3) is 0.375. The first-order valence-corrected chi connectivity index (χ1v) is 10.2. The normalized spacial score (nSPS) is 13.6. The zero-order valence-electron chi connectivity index (χ0n) is 17.9. The predicted octanol–water partition coefficient (Wildman–Crippen LogP) is 3.96. The number of amides is 1. The Morgan fingerprint density at radius 1 is 1.00 bits per heavy atom. The van der Waals surface area contributed by atoms with Crippen LogP contribution in [0.5, 0.6) is 0 Å². The van der Waals surface area contributed by atoms with Crippen molar-refractivity contribution >= 4 is 18.0 Å². The van der Waals surface area contributed by atoms with E-state index in [0.717, 1.165) is 22.3 Å². The van der Waals surface area contributed by atoms with Crippen LogP contribution in [0, 0.1) is 5.92 Å². The van der Waals surface area contributed by atoms with Gasteiger partial charge in [0, 0.05) is 12.5 Å². The molecule has 0 bridgehead atoms. The topological polar surface area (TPSA) is 102 Å². The van der Waals surface area contributed by atoms with Crippen molar-refractivity contribution in [2.45, 2.75) is 38.7 Å². The third kappa shape index (κ3) is 5.63. The number of rotatable bonds is 7. The van der Waals surface area contributed by atoms with Crippen LogP contribution in [0.2, 0.25) is 0 Å². The summed E-state index contributed by atoms with van der Waals surface area (Å²) in [4.78, 5) is 35.7. The van der Waals surface area contributed by atoms with E-state index in [-0.39, 0.29) is 25.5 Å². The quantitative estimate of drug-likeness (QED) is 0.651. The molecule has 31 heavy (non-hydrogen) atoms. The molecular weight excluding hydrogens is 398 g/mol. The molecule has 2 aromatic carbocycles. The Balaban J connectivity index is 1.59. The van der Waals surface area contributed by atoms with Crippen molar-refractivity contribution in [3.8, 4) is 11.1 Å². The highest BCUT2D eigenvalue weighted by Gasteiger charge is 2.30. The van der Waals surface area contributed by atoms with Gasteiger partial charge in [0.1, 0.15) is 12.2 Å². The summed E-state index contributed by atoms with van der Waals surface area (Å²) in [6.45, 7) is 5.01. The molecule has 3 rings (SSSR count). The summed E-state index contributed by atoms with van der Waals surface area (Å²) in [5, 5.41) is 11.8. The third-order valence-electron chi connectivity index (χ3n) is 5.03. The van der Waals surface area contributed by atoms with Crippen molar-refractivity contribution in [3.05, 3.63) is 59.7 Å². The van der Waals surface area contributed by atoms with Crippen LogP contribution < -0.4 is 5.32 Å². The summed E-state index contributed by atoms with van der Waals surface area (Å²) in [5.41, 5.74) is 3.69. The van der Waals surface area contributed by atoms with E-state index in [2.05, 4.69) is 5.32 Å². The molecule has 7 nitrogen and oxygen atoms in total. The van der Waals surface area contributed by atoms with Crippen molar-refractivity contribution in [1.29, 1.82) is 0 Å². The van der Waals surface area contributed by atoms with Crippen LogP contribution in [-0.4, -0.2) is 41.9 Å². The number of carbonyl (C=O) groups is 3. The van der Waals surface area contributed by atoms with Gasteiger partial charge in [-0.3, -0.25) is 9.59 Å². The van der Waals surface area contributed by atoms with Gasteiger partial charge < -0.3 is 19.9 Å². The van der Waals surface area contributed by atoms with Crippen molar-refractivity contribution in [1.82, 2.24) is 5.32 Å². The Morgan fingerprint density at radius 2 is 1.55 bits per heavy atom. The minimum absolute atomic E-state index is 0.0977. The van der Waals surface area contributed by atoms with Gasteiger partial charge in [0.2, 0.25) is 0 Å². The predicted molar refractivity (Wildman–Crippen MR) is 115 cm³/mol. The Kier molecular flexibility index (Phi) is 6.63. The monoisotopic (exact) mass is 425 g/mol. The van der Waals surface area contributed by atoms with Crippen LogP contribution >= 0.6 is 0 Å². The Morgan fingerprint density at radius 3 is 2.06 bits per heavy atom. The van der Waals surface area contributed by atoms with E-state index in [1.807, 2.05) is 48.5 Å². The van der Waals surface area contributed by atoms with Gasteiger partial charge in [-0.05, 0) is 43.0 Å². The third-order valence-corrected chi connectivity index (χ3v) is 5.03. The fourth-order valence-electron chi connectivity index (χ4n) is 3.64. The molecule has 0 saturated heterocycles. The number of carboxylic acid groups (broad SMARTS) is 1. The number of hydrogen-bond acceptors (Lipinski definition) is 5. The number of ether oxygens (including phenoxy) is 2. The molecule has 0 spiro atoms. The van der Waals surface area contributed by atoms with E-state index < -0.39 is 29.6 Å². The van der Waals surface area contributed by atoms with Crippen molar-refractivity contribution in [2.24, 2.45) is 5.92 Å². The average molecular weight is 425 g/mol. The van der Waals surface area contributed by atoms with Crippen molar-refractivity contribution in [2.75, 3.05) is 13.2 Å². The van der Waals surface area contributed by atoms with E-state index in [0.29, 0.717) is 0 Å². The van der Waals surface area contributed by atoms with Gasteiger partial charge in [0.25, 0.3) is 0 Å². The summed E-state index contributed by atoms with van der Waals surface area (Å²) in [7, 11) is 0. The van der Waals surface area contributed by atoms with Gasteiger partial charge in [0.15, 0.2) is 0 Å². The first-order valence-electron chi connectivity index (χ1n) is 10.2. The second-order valence-electron chi connectivity index (χ2n) is 8.53. The molecule has 0 saturated carbocycles. The number of nitrogens with one attached hydrogen (secondary N) is 1. The van der Waals surface area contributed by atoms with E-state index in [9.17, 15) is 19.5 Å². The van der Waals surface area contributed by atoms with E-state index >= 15 is 0 Å². The lowest BCUT2D eigenvalue weighted by Crippen LogP contribution is -2.38. The maximum atomic E-state index is 12.4. The molecule has 164 valence electrons. The molecule has 2 N–H and O–H groups in total. The number of benzene rings is 2. The number of alkyl carbamates (subject to hydrolysis) is 1. The van der Waals surface area contributed by atoms with Crippen LogP contribution in [-0.2, 0) is 19.1 Å². The molecular formula is C24H27NO6. The summed E-state index contributed by atoms with van der Waals surface area (Å²) in [5.74, 6) is -3.02. The van der Waals surface area contributed by atoms with Crippen molar-refractivity contribution in [3.63, 3.8) is 0 Å². The fourth-order valence-corrected chi connectivity index (χ4v) is 3.64. The molecule has 1 aliphatic carbocycles. The maximum Gasteiger partial charge on any atom is 0.407 e. The molecule has 1 atom stereocenters. The minimum Gasteiger partial charge on any atom is -0.481 e. The first kappa shape index (κ1) is 22.3. The van der Waals surface area contributed by atoms with E-state index in [1.165, 1.54) is 0 Å². The van der Waals surface area contributed by atoms with Crippen LogP contribution in [0.4, 0.5) is 4.79 Å². The summed E-state index contributed by atoms with van der Waals surface area (Å²) in [6, 6.07) is 15.9.